The molecule has 1 aliphatic rings. The molecule has 0 spiro atoms. The highest BCUT2D eigenvalue weighted by Gasteiger charge is 2.35. The van der Waals surface area contributed by atoms with E-state index in [0.717, 1.165) is 5.56 Å². The maximum atomic E-state index is 13.3. The van der Waals surface area contributed by atoms with Gasteiger partial charge in [-0.05, 0) is 55.5 Å². The van der Waals surface area contributed by atoms with Crippen LogP contribution in [0.1, 0.15) is 32.1 Å². The van der Waals surface area contributed by atoms with E-state index in [-0.39, 0.29) is 36.1 Å². The second-order valence-corrected chi connectivity index (χ2v) is 7.76. The molecular formula is C25H19N3O4. The molecule has 0 unspecified atom stereocenters. The van der Waals surface area contributed by atoms with Crippen molar-refractivity contribution in [3.63, 3.8) is 0 Å². The maximum absolute atomic E-state index is 13.3. The minimum atomic E-state index is -0.343. The number of benzene rings is 3. The molecule has 5 rings (SSSR count). The summed E-state index contributed by atoms with van der Waals surface area (Å²) >= 11 is 0. The van der Waals surface area contributed by atoms with E-state index in [0.29, 0.717) is 33.5 Å². The molecule has 158 valence electrons. The summed E-state index contributed by atoms with van der Waals surface area (Å²) in [5, 5.41) is 10.1. The summed E-state index contributed by atoms with van der Waals surface area (Å²) in [4.78, 5) is 44.8. The van der Waals surface area contributed by atoms with Crippen LogP contribution in [-0.4, -0.2) is 37.9 Å². The number of carbonyl (C=O) groups excluding carboxylic acids is 2. The topological polar surface area (TPSA) is 92.5 Å². The fourth-order valence-corrected chi connectivity index (χ4v) is 4.03. The molecule has 2 amide bonds. The number of aryl methyl sites for hydroxylation is 1. The molecule has 0 fully saturated rings. The van der Waals surface area contributed by atoms with Crippen LogP contribution in [0, 0.1) is 6.92 Å². The van der Waals surface area contributed by atoms with Gasteiger partial charge in [0.1, 0.15) is 11.6 Å². The number of imide groups is 1. The van der Waals surface area contributed by atoms with Crippen molar-refractivity contribution in [2.45, 2.75) is 13.3 Å². The lowest BCUT2D eigenvalue weighted by Gasteiger charge is -2.17. The lowest BCUT2D eigenvalue weighted by molar-refractivity contribution is 0.0655. The zero-order valence-electron chi connectivity index (χ0n) is 17.3. The molecule has 7 heteroatoms. The number of rotatable bonds is 4. The number of hydrogen-bond donors (Lipinski definition) is 1. The molecule has 7 nitrogen and oxygen atoms in total. The van der Waals surface area contributed by atoms with E-state index in [1.54, 1.807) is 54.6 Å². The monoisotopic (exact) mass is 425 g/mol. The zero-order valence-corrected chi connectivity index (χ0v) is 17.3. The third-order valence-corrected chi connectivity index (χ3v) is 5.64. The number of carbonyl (C=O) groups is 2. The number of para-hydroxylation sites is 1. The number of nitrogens with zero attached hydrogens (tertiary/aromatic N) is 3. The Morgan fingerprint density at radius 1 is 0.875 bits per heavy atom. The largest absolute Gasteiger partial charge is 0.508 e. The van der Waals surface area contributed by atoms with Gasteiger partial charge in [-0.25, -0.2) is 4.98 Å². The molecule has 0 aliphatic carbocycles. The Hall–Kier alpha value is -4.26. The van der Waals surface area contributed by atoms with E-state index in [9.17, 15) is 19.5 Å². The zero-order chi connectivity index (χ0) is 22.4. The van der Waals surface area contributed by atoms with Crippen molar-refractivity contribution in [1.29, 1.82) is 0 Å². The van der Waals surface area contributed by atoms with Gasteiger partial charge in [0.25, 0.3) is 17.4 Å². The standard InChI is InChI=1S/C25H19N3O4/c1-15-6-11-18-20(14-15)24(31)27(23(18)30)13-12-22-26-21-5-3-2-4-19(21)25(32)28(22)16-7-9-17(29)10-8-16/h2-11,14,29H,12-13H2,1H3. The SMILES string of the molecule is Cc1ccc2c(c1)C(=O)N(CCc1nc3ccccc3c(=O)n1-c1ccc(O)cc1)C2=O. The molecule has 32 heavy (non-hydrogen) atoms. The van der Waals surface area contributed by atoms with E-state index in [2.05, 4.69) is 4.98 Å². The number of phenols is 1. The lowest BCUT2D eigenvalue weighted by atomic mass is 10.1. The first kappa shape index (κ1) is 19.7. The van der Waals surface area contributed by atoms with Crippen LogP contribution in [0.15, 0.2) is 71.5 Å². The third-order valence-electron chi connectivity index (χ3n) is 5.64. The van der Waals surface area contributed by atoms with Gasteiger partial charge in [0, 0.05) is 13.0 Å². The van der Waals surface area contributed by atoms with Crippen molar-refractivity contribution in [1.82, 2.24) is 14.5 Å². The van der Waals surface area contributed by atoms with Gasteiger partial charge in [-0.15, -0.1) is 0 Å². The normalized spacial score (nSPS) is 13.1. The Kier molecular flexibility index (Phi) is 4.59. The molecule has 0 radical (unpaired) electrons. The first-order valence-electron chi connectivity index (χ1n) is 10.2. The summed E-state index contributed by atoms with van der Waals surface area (Å²) < 4.78 is 1.46. The first-order valence-corrected chi connectivity index (χ1v) is 10.2. The number of aromatic nitrogens is 2. The quantitative estimate of drug-likeness (QED) is 0.507. The van der Waals surface area contributed by atoms with Gasteiger partial charge in [-0.3, -0.25) is 23.9 Å². The van der Waals surface area contributed by atoms with Gasteiger partial charge in [0.15, 0.2) is 0 Å². The van der Waals surface area contributed by atoms with Crippen molar-refractivity contribution in [3.05, 3.63) is 99.6 Å². The predicted molar refractivity (Wildman–Crippen MR) is 119 cm³/mol. The van der Waals surface area contributed by atoms with Crippen molar-refractivity contribution < 1.29 is 14.7 Å². The molecule has 0 atom stereocenters. The highest BCUT2D eigenvalue weighted by molar-refractivity contribution is 6.21. The molecule has 0 bridgehead atoms. The minimum Gasteiger partial charge on any atom is -0.508 e. The van der Waals surface area contributed by atoms with E-state index in [4.69, 9.17) is 0 Å². The smallest absolute Gasteiger partial charge is 0.265 e. The molecule has 0 saturated heterocycles. The van der Waals surface area contributed by atoms with E-state index >= 15 is 0 Å². The van der Waals surface area contributed by atoms with Gasteiger partial charge in [-0.2, -0.15) is 0 Å². The van der Waals surface area contributed by atoms with Crippen molar-refractivity contribution in [2.24, 2.45) is 0 Å². The fourth-order valence-electron chi connectivity index (χ4n) is 4.03. The second kappa shape index (κ2) is 7.46. The van der Waals surface area contributed by atoms with Crippen LogP contribution in [-0.2, 0) is 6.42 Å². The first-order chi connectivity index (χ1) is 15.4. The highest BCUT2D eigenvalue weighted by atomic mass is 16.3. The Balaban J connectivity index is 1.55. The number of hydrogen-bond acceptors (Lipinski definition) is 5. The summed E-state index contributed by atoms with van der Waals surface area (Å²) in [6, 6.07) is 18.5. The van der Waals surface area contributed by atoms with E-state index in [1.165, 1.54) is 21.6 Å². The molecule has 0 saturated carbocycles. The van der Waals surface area contributed by atoms with Gasteiger partial charge >= 0.3 is 0 Å². The molecule has 4 aromatic rings. The summed E-state index contributed by atoms with van der Waals surface area (Å²) in [6.45, 7) is 1.96. The third kappa shape index (κ3) is 3.15. The highest BCUT2D eigenvalue weighted by Crippen LogP contribution is 2.24. The molecule has 1 aliphatic heterocycles. The van der Waals surface area contributed by atoms with Crippen molar-refractivity contribution in [3.8, 4) is 11.4 Å². The average molecular weight is 425 g/mol. The van der Waals surface area contributed by atoms with Crippen LogP contribution in [0.4, 0.5) is 0 Å². The van der Waals surface area contributed by atoms with Gasteiger partial charge < -0.3 is 5.11 Å². The summed E-state index contributed by atoms with van der Waals surface area (Å²) in [5.74, 6) is -0.178. The summed E-state index contributed by atoms with van der Waals surface area (Å²) in [7, 11) is 0. The summed E-state index contributed by atoms with van der Waals surface area (Å²) in [5.41, 5.74) is 2.53. The molecule has 3 aromatic carbocycles. The van der Waals surface area contributed by atoms with Crippen LogP contribution >= 0.6 is 0 Å². The van der Waals surface area contributed by atoms with Crippen LogP contribution < -0.4 is 5.56 Å². The molecular weight excluding hydrogens is 406 g/mol. The Morgan fingerprint density at radius 2 is 1.59 bits per heavy atom. The summed E-state index contributed by atoms with van der Waals surface area (Å²) in [6.07, 6.45) is 0.200. The Bertz CT molecular complexity index is 1450. The van der Waals surface area contributed by atoms with Gasteiger partial charge in [-0.1, -0.05) is 23.8 Å². The van der Waals surface area contributed by atoms with Crippen LogP contribution in [0.2, 0.25) is 0 Å². The molecule has 1 aromatic heterocycles. The maximum Gasteiger partial charge on any atom is 0.265 e. The fraction of sp³-hybridized carbons (Fsp3) is 0.120. The lowest BCUT2D eigenvalue weighted by Crippen LogP contribution is -2.33. The average Bonchev–Trinajstić information content (AvgIpc) is 3.02. The number of phenolic OH excluding ortho intramolecular Hbond substituents is 1. The van der Waals surface area contributed by atoms with Crippen LogP contribution in [0.5, 0.6) is 5.75 Å². The Labute approximate surface area is 183 Å². The minimum absolute atomic E-state index is 0.0819. The predicted octanol–water partition coefficient (Wildman–Crippen LogP) is 3.24. The van der Waals surface area contributed by atoms with Crippen LogP contribution in [0.3, 0.4) is 0 Å². The number of amides is 2. The molecule has 1 N–H and O–H groups in total. The number of aromatic hydroxyl groups is 1. The number of fused-ring (bicyclic) bond motifs is 2. The van der Waals surface area contributed by atoms with Crippen molar-refractivity contribution >= 4 is 22.7 Å². The second-order valence-electron chi connectivity index (χ2n) is 7.76. The van der Waals surface area contributed by atoms with Gasteiger partial charge in [0.2, 0.25) is 0 Å². The van der Waals surface area contributed by atoms with Gasteiger partial charge in [0.05, 0.1) is 27.7 Å². The molecule has 2 heterocycles. The van der Waals surface area contributed by atoms with E-state index < -0.39 is 0 Å². The van der Waals surface area contributed by atoms with Crippen molar-refractivity contribution in [2.75, 3.05) is 6.54 Å². The van der Waals surface area contributed by atoms with E-state index in [1.807, 2.05) is 6.92 Å². The van der Waals surface area contributed by atoms with Crippen LogP contribution in [0.25, 0.3) is 16.6 Å². The Morgan fingerprint density at radius 3 is 2.38 bits per heavy atom.